The Morgan fingerprint density at radius 1 is 1.50 bits per heavy atom. The van der Waals surface area contributed by atoms with Crippen molar-refractivity contribution in [2.75, 3.05) is 17.2 Å². The molecule has 86 valence electrons. The average Bonchev–Trinajstić information content (AvgIpc) is 3.12. The fourth-order valence-corrected chi connectivity index (χ4v) is 1.42. The minimum absolute atomic E-state index is 0.121. The van der Waals surface area contributed by atoms with Gasteiger partial charge in [-0.05, 0) is 31.4 Å². The van der Waals surface area contributed by atoms with Gasteiger partial charge in [-0.25, -0.2) is 4.98 Å². The molecule has 4 nitrogen and oxygen atoms in total. The highest BCUT2D eigenvalue weighted by Gasteiger charge is 2.29. The van der Waals surface area contributed by atoms with Gasteiger partial charge < -0.3 is 10.6 Å². The molecule has 1 fully saturated rings. The van der Waals surface area contributed by atoms with Crippen molar-refractivity contribution < 1.29 is 4.79 Å². The van der Waals surface area contributed by atoms with Crippen molar-refractivity contribution in [3.63, 3.8) is 0 Å². The van der Waals surface area contributed by atoms with Crippen LogP contribution < -0.4 is 10.6 Å². The van der Waals surface area contributed by atoms with Gasteiger partial charge >= 0.3 is 0 Å². The van der Waals surface area contributed by atoms with Crippen LogP contribution in [0.5, 0.6) is 0 Å². The van der Waals surface area contributed by atoms with E-state index in [2.05, 4.69) is 22.5 Å². The van der Waals surface area contributed by atoms with Crippen LogP contribution in [0.15, 0.2) is 18.3 Å². The highest BCUT2D eigenvalue weighted by atomic mass is 16.2. The zero-order valence-electron chi connectivity index (χ0n) is 9.49. The molecule has 2 N–H and O–H groups in total. The third kappa shape index (κ3) is 2.95. The van der Waals surface area contributed by atoms with Crippen molar-refractivity contribution in [2.24, 2.45) is 5.92 Å². The van der Waals surface area contributed by atoms with Crippen molar-refractivity contribution in [1.29, 1.82) is 0 Å². The third-order valence-electron chi connectivity index (χ3n) is 2.54. The molecule has 1 amide bonds. The van der Waals surface area contributed by atoms with Gasteiger partial charge in [-0.15, -0.1) is 0 Å². The maximum atomic E-state index is 11.5. The van der Waals surface area contributed by atoms with E-state index in [0.717, 1.165) is 37.3 Å². The predicted molar refractivity (Wildman–Crippen MR) is 64.4 cm³/mol. The lowest BCUT2D eigenvalue weighted by molar-refractivity contribution is -0.117. The van der Waals surface area contributed by atoms with E-state index in [4.69, 9.17) is 0 Å². The lowest BCUT2D eigenvalue weighted by Gasteiger charge is -2.06. The summed E-state index contributed by atoms with van der Waals surface area (Å²) in [6.45, 7) is 3.03. The van der Waals surface area contributed by atoms with Crippen molar-refractivity contribution in [2.45, 2.75) is 26.2 Å². The normalized spacial score (nSPS) is 14.6. The Hall–Kier alpha value is -1.58. The summed E-state index contributed by atoms with van der Waals surface area (Å²) in [5, 5.41) is 6.04. The monoisotopic (exact) mass is 219 g/mol. The summed E-state index contributed by atoms with van der Waals surface area (Å²) in [4.78, 5) is 15.7. The van der Waals surface area contributed by atoms with Gasteiger partial charge in [0.05, 0.1) is 11.9 Å². The Bertz CT molecular complexity index is 357. The number of carbonyl (C=O) groups excluding carboxylic acids is 1. The first-order valence-corrected chi connectivity index (χ1v) is 5.80. The summed E-state index contributed by atoms with van der Waals surface area (Å²) < 4.78 is 0. The maximum absolute atomic E-state index is 11.5. The van der Waals surface area contributed by atoms with E-state index in [9.17, 15) is 4.79 Å². The number of amides is 1. The first kappa shape index (κ1) is 10.9. The zero-order chi connectivity index (χ0) is 11.4. The molecule has 0 saturated heterocycles. The van der Waals surface area contributed by atoms with Crippen LogP contribution in [-0.4, -0.2) is 17.4 Å². The topological polar surface area (TPSA) is 54.0 Å². The SMILES string of the molecule is CCCNc1ccc(NC(=O)C2CC2)cn1. The van der Waals surface area contributed by atoms with Gasteiger partial charge in [0, 0.05) is 12.5 Å². The fourth-order valence-electron chi connectivity index (χ4n) is 1.42. The molecular formula is C12H17N3O. The summed E-state index contributed by atoms with van der Waals surface area (Å²) in [5.41, 5.74) is 0.777. The molecule has 1 aliphatic carbocycles. The minimum Gasteiger partial charge on any atom is -0.370 e. The summed E-state index contributed by atoms with van der Waals surface area (Å²) in [5.74, 6) is 1.21. The van der Waals surface area contributed by atoms with Crippen LogP contribution in [-0.2, 0) is 4.79 Å². The number of nitrogens with one attached hydrogen (secondary N) is 2. The number of hydrogen-bond acceptors (Lipinski definition) is 3. The first-order chi connectivity index (χ1) is 7.79. The summed E-state index contributed by atoms with van der Waals surface area (Å²) >= 11 is 0. The number of aromatic nitrogens is 1. The molecule has 0 aliphatic heterocycles. The van der Waals surface area contributed by atoms with E-state index in [0.29, 0.717) is 0 Å². The zero-order valence-corrected chi connectivity index (χ0v) is 9.49. The van der Waals surface area contributed by atoms with Gasteiger partial charge in [0.25, 0.3) is 0 Å². The standard InChI is InChI=1S/C12H17N3O/c1-2-7-13-11-6-5-10(8-14-11)15-12(16)9-3-4-9/h5-6,8-9H,2-4,7H2,1H3,(H,13,14)(H,15,16). The van der Waals surface area contributed by atoms with E-state index in [1.54, 1.807) is 6.20 Å². The van der Waals surface area contributed by atoms with Crippen molar-refractivity contribution in [1.82, 2.24) is 4.98 Å². The number of rotatable bonds is 5. The van der Waals surface area contributed by atoms with Gasteiger partial charge in [0.2, 0.25) is 5.91 Å². The van der Waals surface area contributed by atoms with Crippen LogP contribution in [0.2, 0.25) is 0 Å². The molecule has 0 unspecified atom stereocenters. The van der Waals surface area contributed by atoms with Gasteiger partial charge in [0.15, 0.2) is 0 Å². The quantitative estimate of drug-likeness (QED) is 0.798. The van der Waals surface area contributed by atoms with Crippen LogP contribution in [0.3, 0.4) is 0 Å². The van der Waals surface area contributed by atoms with E-state index >= 15 is 0 Å². The van der Waals surface area contributed by atoms with Crippen LogP contribution in [0.25, 0.3) is 0 Å². The number of pyridine rings is 1. The third-order valence-corrected chi connectivity index (χ3v) is 2.54. The molecule has 1 aromatic rings. The minimum atomic E-state index is 0.121. The van der Waals surface area contributed by atoms with E-state index in [-0.39, 0.29) is 11.8 Å². The van der Waals surface area contributed by atoms with E-state index in [1.165, 1.54) is 0 Å². The van der Waals surface area contributed by atoms with E-state index in [1.807, 2.05) is 12.1 Å². The van der Waals surface area contributed by atoms with Gasteiger partial charge in [0.1, 0.15) is 5.82 Å². The number of hydrogen-bond donors (Lipinski definition) is 2. The smallest absolute Gasteiger partial charge is 0.227 e. The molecule has 1 aromatic heterocycles. The molecule has 1 aliphatic rings. The molecule has 16 heavy (non-hydrogen) atoms. The molecular weight excluding hydrogens is 202 g/mol. The van der Waals surface area contributed by atoms with Gasteiger partial charge in [-0.1, -0.05) is 6.92 Å². The van der Waals surface area contributed by atoms with Crippen molar-refractivity contribution in [3.8, 4) is 0 Å². The highest BCUT2D eigenvalue weighted by molar-refractivity contribution is 5.93. The van der Waals surface area contributed by atoms with Gasteiger partial charge in [-0.3, -0.25) is 4.79 Å². The second-order valence-corrected chi connectivity index (χ2v) is 4.12. The summed E-state index contributed by atoms with van der Waals surface area (Å²) in [6, 6.07) is 3.77. The molecule has 0 spiro atoms. The van der Waals surface area contributed by atoms with Crippen LogP contribution in [0.1, 0.15) is 26.2 Å². The predicted octanol–water partition coefficient (Wildman–Crippen LogP) is 2.25. The molecule has 0 atom stereocenters. The molecule has 0 aromatic carbocycles. The molecule has 4 heteroatoms. The molecule has 2 rings (SSSR count). The maximum Gasteiger partial charge on any atom is 0.227 e. The summed E-state index contributed by atoms with van der Waals surface area (Å²) in [6.07, 6.45) is 4.81. The Morgan fingerprint density at radius 3 is 2.88 bits per heavy atom. The number of carbonyl (C=O) groups is 1. The van der Waals surface area contributed by atoms with Gasteiger partial charge in [-0.2, -0.15) is 0 Å². The Balaban J connectivity index is 1.88. The summed E-state index contributed by atoms with van der Waals surface area (Å²) in [7, 11) is 0. The Morgan fingerprint density at radius 2 is 2.31 bits per heavy atom. The van der Waals surface area contributed by atoms with Crippen LogP contribution in [0, 0.1) is 5.92 Å². The van der Waals surface area contributed by atoms with Crippen molar-refractivity contribution >= 4 is 17.4 Å². The van der Waals surface area contributed by atoms with E-state index < -0.39 is 0 Å². The van der Waals surface area contributed by atoms with Crippen LogP contribution >= 0.6 is 0 Å². The molecule has 0 radical (unpaired) electrons. The second kappa shape index (κ2) is 4.96. The Labute approximate surface area is 95.5 Å². The Kier molecular flexibility index (Phi) is 3.39. The molecule has 1 saturated carbocycles. The molecule has 0 bridgehead atoms. The molecule has 1 heterocycles. The number of anilines is 2. The van der Waals surface area contributed by atoms with Crippen molar-refractivity contribution in [3.05, 3.63) is 18.3 Å². The number of nitrogens with zero attached hydrogens (tertiary/aromatic N) is 1. The highest BCUT2D eigenvalue weighted by Crippen LogP contribution is 2.30. The average molecular weight is 219 g/mol. The second-order valence-electron chi connectivity index (χ2n) is 4.12. The lowest BCUT2D eigenvalue weighted by Crippen LogP contribution is -2.13. The lowest BCUT2D eigenvalue weighted by atomic mass is 10.3. The fraction of sp³-hybridized carbons (Fsp3) is 0.500. The largest absolute Gasteiger partial charge is 0.370 e. The van der Waals surface area contributed by atoms with Crippen LogP contribution in [0.4, 0.5) is 11.5 Å². The first-order valence-electron chi connectivity index (χ1n) is 5.80.